The number of carboxylic acids is 1. The number of nitrogens with zero attached hydrogens (tertiary/aromatic N) is 3. The standard InChI is InChI=1S/C29H25N3O6S/c1-35-24-12-19-22(13-26(24)38-18-4-2-3-5-18)32(14-16-6-9-23-25(10-16)37-15-36-23)28(29(33)34)27(19)17-7-8-20-21(11-17)31-39-30-20/h6-13,18H,2-5,14-15H2,1H3,(H,33,34). The average molecular weight is 544 g/mol. The molecule has 1 fully saturated rings. The maximum atomic E-state index is 12.9. The van der Waals surface area contributed by atoms with Gasteiger partial charge in [-0.3, -0.25) is 0 Å². The second-order valence-corrected chi connectivity index (χ2v) is 10.3. The van der Waals surface area contributed by atoms with Crippen LogP contribution in [-0.2, 0) is 6.54 Å². The van der Waals surface area contributed by atoms with Crippen LogP contribution in [0.4, 0.5) is 0 Å². The van der Waals surface area contributed by atoms with E-state index >= 15 is 0 Å². The minimum atomic E-state index is -1.03. The van der Waals surface area contributed by atoms with Gasteiger partial charge in [0.2, 0.25) is 6.79 Å². The molecule has 7 rings (SSSR count). The van der Waals surface area contributed by atoms with E-state index in [1.807, 2.05) is 53.1 Å². The van der Waals surface area contributed by atoms with Gasteiger partial charge in [0.15, 0.2) is 23.0 Å². The van der Waals surface area contributed by atoms with Crippen LogP contribution in [0.5, 0.6) is 23.0 Å². The first-order chi connectivity index (χ1) is 19.1. The van der Waals surface area contributed by atoms with Gasteiger partial charge in [-0.05, 0) is 67.1 Å². The molecule has 0 unspecified atom stereocenters. The molecule has 1 aliphatic heterocycles. The Balaban J connectivity index is 1.46. The quantitative estimate of drug-likeness (QED) is 0.262. The van der Waals surface area contributed by atoms with E-state index in [0.29, 0.717) is 35.1 Å². The fraction of sp³-hybridized carbons (Fsp3) is 0.276. The smallest absolute Gasteiger partial charge is 0.353 e. The van der Waals surface area contributed by atoms with E-state index in [4.69, 9.17) is 18.9 Å². The summed E-state index contributed by atoms with van der Waals surface area (Å²) >= 11 is 1.13. The molecule has 198 valence electrons. The molecule has 1 N–H and O–H groups in total. The molecule has 2 aliphatic rings. The number of carboxylic acid groups (broad SMARTS) is 1. The molecule has 2 aromatic heterocycles. The monoisotopic (exact) mass is 543 g/mol. The van der Waals surface area contributed by atoms with Gasteiger partial charge >= 0.3 is 5.97 Å². The lowest BCUT2D eigenvalue weighted by atomic mass is 10.0. The fourth-order valence-electron chi connectivity index (χ4n) is 5.63. The Hall–Kier alpha value is -4.31. The van der Waals surface area contributed by atoms with Crippen LogP contribution in [0.25, 0.3) is 33.1 Å². The van der Waals surface area contributed by atoms with Crippen LogP contribution in [0, 0.1) is 0 Å². The van der Waals surface area contributed by atoms with E-state index in [-0.39, 0.29) is 18.6 Å². The van der Waals surface area contributed by atoms with Gasteiger partial charge in [-0.1, -0.05) is 12.1 Å². The van der Waals surface area contributed by atoms with E-state index in [1.165, 1.54) is 0 Å². The minimum Gasteiger partial charge on any atom is -0.493 e. The largest absolute Gasteiger partial charge is 0.493 e. The maximum Gasteiger partial charge on any atom is 0.353 e. The Morgan fingerprint density at radius 2 is 1.85 bits per heavy atom. The molecule has 10 heteroatoms. The Kier molecular flexibility index (Phi) is 5.77. The highest BCUT2D eigenvalue weighted by Gasteiger charge is 2.28. The summed E-state index contributed by atoms with van der Waals surface area (Å²) in [7, 11) is 1.61. The van der Waals surface area contributed by atoms with Crippen molar-refractivity contribution < 1.29 is 28.8 Å². The Labute approximate surface area is 227 Å². The molecule has 3 aromatic carbocycles. The topological polar surface area (TPSA) is 105 Å². The highest BCUT2D eigenvalue weighted by molar-refractivity contribution is 7.00. The van der Waals surface area contributed by atoms with Gasteiger partial charge in [-0.15, -0.1) is 0 Å². The summed E-state index contributed by atoms with van der Waals surface area (Å²) in [6.07, 6.45) is 4.37. The van der Waals surface area contributed by atoms with Crippen LogP contribution >= 0.6 is 11.7 Å². The summed E-state index contributed by atoms with van der Waals surface area (Å²) in [6, 6.07) is 15.1. The Morgan fingerprint density at radius 1 is 1.03 bits per heavy atom. The molecular weight excluding hydrogens is 518 g/mol. The number of methoxy groups -OCH3 is 1. The minimum absolute atomic E-state index is 0.117. The molecule has 0 radical (unpaired) electrons. The number of benzene rings is 3. The predicted octanol–water partition coefficient (Wildman–Crippen LogP) is 6.12. The van der Waals surface area contributed by atoms with E-state index in [0.717, 1.165) is 70.5 Å². The van der Waals surface area contributed by atoms with Crippen LogP contribution in [0.3, 0.4) is 0 Å². The van der Waals surface area contributed by atoms with Crippen molar-refractivity contribution in [2.75, 3.05) is 13.9 Å². The van der Waals surface area contributed by atoms with Crippen molar-refractivity contribution in [2.24, 2.45) is 0 Å². The van der Waals surface area contributed by atoms with Crippen molar-refractivity contribution >= 4 is 39.6 Å². The van der Waals surface area contributed by atoms with Gasteiger partial charge in [-0.25, -0.2) is 4.79 Å². The molecule has 0 atom stereocenters. The third-order valence-electron chi connectivity index (χ3n) is 7.47. The summed E-state index contributed by atoms with van der Waals surface area (Å²) in [5.41, 5.74) is 4.63. The molecule has 0 amide bonds. The first-order valence-corrected chi connectivity index (χ1v) is 13.6. The Bertz CT molecular complexity index is 1740. The van der Waals surface area contributed by atoms with Crippen LogP contribution in [-0.4, -0.2) is 44.4 Å². The molecule has 1 saturated carbocycles. The molecular formula is C29H25N3O6S. The summed E-state index contributed by atoms with van der Waals surface area (Å²) in [5, 5.41) is 11.3. The summed E-state index contributed by atoms with van der Waals surface area (Å²) in [4.78, 5) is 12.9. The SMILES string of the molecule is COc1cc2c(-c3ccc4nsnc4c3)c(C(=O)O)n(Cc3ccc4c(c3)OCO4)c2cc1OC1CCCC1. The zero-order chi connectivity index (χ0) is 26.5. The number of hydrogen-bond acceptors (Lipinski definition) is 8. The van der Waals surface area contributed by atoms with Gasteiger partial charge in [0, 0.05) is 23.6 Å². The third-order valence-corrected chi connectivity index (χ3v) is 8.02. The number of ether oxygens (including phenoxy) is 4. The normalized spacial score (nSPS) is 14.9. The highest BCUT2D eigenvalue weighted by Crippen LogP contribution is 2.43. The van der Waals surface area contributed by atoms with Crippen molar-refractivity contribution in [3.8, 4) is 34.1 Å². The molecule has 3 heterocycles. The van der Waals surface area contributed by atoms with E-state index in [9.17, 15) is 9.90 Å². The Morgan fingerprint density at radius 3 is 2.67 bits per heavy atom. The zero-order valence-electron chi connectivity index (χ0n) is 21.2. The molecule has 0 saturated heterocycles. The van der Waals surface area contributed by atoms with Gasteiger partial charge in [0.05, 0.1) is 30.5 Å². The third kappa shape index (κ3) is 4.11. The number of rotatable bonds is 7. The van der Waals surface area contributed by atoms with Crippen LogP contribution in [0.1, 0.15) is 41.7 Å². The maximum absolute atomic E-state index is 12.9. The second-order valence-electron chi connectivity index (χ2n) is 9.81. The number of aromatic nitrogens is 3. The molecule has 9 nitrogen and oxygen atoms in total. The lowest BCUT2D eigenvalue weighted by Gasteiger charge is -2.17. The van der Waals surface area contributed by atoms with Crippen molar-refractivity contribution in [1.82, 2.24) is 13.3 Å². The van der Waals surface area contributed by atoms with Gasteiger partial charge in [0.25, 0.3) is 0 Å². The zero-order valence-corrected chi connectivity index (χ0v) is 22.0. The van der Waals surface area contributed by atoms with Crippen molar-refractivity contribution in [3.05, 3.63) is 59.8 Å². The van der Waals surface area contributed by atoms with Crippen LogP contribution in [0.15, 0.2) is 48.5 Å². The first-order valence-electron chi connectivity index (χ1n) is 12.8. The number of carbonyl (C=O) groups is 1. The lowest BCUT2D eigenvalue weighted by Crippen LogP contribution is -2.12. The number of fused-ring (bicyclic) bond motifs is 3. The second kappa shape index (κ2) is 9.46. The molecule has 0 bridgehead atoms. The molecule has 0 spiro atoms. The summed E-state index contributed by atoms with van der Waals surface area (Å²) in [6.45, 7) is 0.482. The van der Waals surface area contributed by atoms with E-state index in [2.05, 4.69) is 8.75 Å². The van der Waals surface area contributed by atoms with Crippen molar-refractivity contribution in [2.45, 2.75) is 38.3 Å². The fourth-order valence-corrected chi connectivity index (χ4v) is 6.15. The van der Waals surface area contributed by atoms with Gasteiger partial charge in [-0.2, -0.15) is 8.75 Å². The number of aromatic carboxylic acids is 1. The van der Waals surface area contributed by atoms with E-state index < -0.39 is 5.97 Å². The number of hydrogen-bond donors (Lipinski definition) is 1. The average Bonchev–Trinajstić information content (AvgIpc) is 3.74. The van der Waals surface area contributed by atoms with Crippen molar-refractivity contribution in [1.29, 1.82) is 0 Å². The van der Waals surface area contributed by atoms with Crippen LogP contribution < -0.4 is 18.9 Å². The summed E-state index contributed by atoms with van der Waals surface area (Å²) < 4.78 is 33.7. The predicted molar refractivity (Wildman–Crippen MR) is 146 cm³/mol. The lowest BCUT2D eigenvalue weighted by molar-refractivity contribution is 0.0687. The van der Waals surface area contributed by atoms with Gasteiger partial charge < -0.3 is 28.6 Å². The first kappa shape index (κ1) is 23.8. The molecule has 1 aliphatic carbocycles. The summed E-state index contributed by atoms with van der Waals surface area (Å²) in [5.74, 6) is 1.48. The molecule has 5 aromatic rings. The highest BCUT2D eigenvalue weighted by atomic mass is 32.1. The van der Waals surface area contributed by atoms with E-state index in [1.54, 1.807) is 7.11 Å². The molecule has 39 heavy (non-hydrogen) atoms. The van der Waals surface area contributed by atoms with Crippen molar-refractivity contribution in [3.63, 3.8) is 0 Å². The van der Waals surface area contributed by atoms with Gasteiger partial charge in [0.1, 0.15) is 16.7 Å². The van der Waals surface area contributed by atoms with Crippen LogP contribution in [0.2, 0.25) is 0 Å².